The number of carbonyl (C=O) groups excluding carboxylic acids is 1. The van der Waals surface area contributed by atoms with Crippen molar-refractivity contribution >= 4 is 11.7 Å². The van der Waals surface area contributed by atoms with Gasteiger partial charge in [0.05, 0.1) is 0 Å². The summed E-state index contributed by atoms with van der Waals surface area (Å²) in [5, 5.41) is 14.8. The Kier molecular flexibility index (Phi) is 5.20. The lowest BCUT2D eigenvalue weighted by Crippen LogP contribution is -2.38. The zero-order valence-electron chi connectivity index (χ0n) is 12.4. The third-order valence-electron chi connectivity index (χ3n) is 4.21. The third kappa shape index (κ3) is 3.97. The molecule has 0 aromatic heterocycles. The summed E-state index contributed by atoms with van der Waals surface area (Å²) in [4.78, 5) is 12.4. The molecule has 1 aromatic carbocycles. The first-order valence-electron chi connectivity index (χ1n) is 7.50. The Morgan fingerprint density at radius 3 is 2.76 bits per heavy atom. The fraction of sp³-hybridized carbons (Fsp3) is 0.500. The van der Waals surface area contributed by atoms with Crippen LogP contribution in [0.3, 0.4) is 0 Å². The van der Waals surface area contributed by atoms with Crippen molar-refractivity contribution in [3.05, 3.63) is 35.4 Å². The van der Waals surface area contributed by atoms with Crippen LogP contribution in [0.15, 0.2) is 29.4 Å². The quantitative estimate of drug-likeness (QED) is 0.263. The smallest absolute Gasteiger partial charge is 0.251 e. The van der Waals surface area contributed by atoms with E-state index >= 15 is 0 Å². The number of oxime groups is 1. The number of nitrogens with one attached hydrogen (secondary N) is 1. The first kappa shape index (κ1) is 15.4. The zero-order chi connectivity index (χ0) is 15.2. The van der Waals surface area contributed by atoms with E-state index < -0.39 is 0 Å². The molecule has 1 saturated carbocycles. The third-order valence-corrected chi connectivity index (χ3v) is 4.21. The largest absolute Gasteiger partial charge is 0.409 e. The van der Waals surface area contributed by atoms with Gasteiger partial charge < -0.3 is 16.3 Å². The lowest BCUT2D eigenvalue weighted by Gasteiger charge is -2.22. The van der Waals surface area contributed by atoms with Gasteiger partial charge in [-0.15, -0.1) is 0 Å². The van der Waals surface area contributed by atoms with Crippen LogP contribution in [0, 0.1) is 5.92 Å². The number of nitrogens with two attached hydrogens (primary N) is 1. The van der Waals surface area contributed by atoms with Crippen LogP contribution in [-0.2, 0) is 0 Å². The Hall–Kier alpha value is -2.04. The van der Waals surface area contributed by atoms with Crippen molar-refractivity contribution in [2.24, 2.45) is 16.8 Å². The van der Waals surface area contributed by atoms with Gasteiger partial charge in [-0.3, -0.25) is 4.79 Å². The summed E-state index contributed by atoms with van der Waals surface area (Å²) in [5.41, 5.74) is 6.64. The van der Waals surface area contributed by atoms with E-state index in [1.165, 1.54) is 19.3 Å². The SMILES string of the molecule is CC1CCCCCC1NC(=O)c1cccc(C(N)=NO)c1. The first-order chi connectivity index (χ1) is 10.1. The van der Waals surface area contributed by atoms with Crippen molar-refractivity contribution < 1.29 is 10.0 Å². The molecule has 1 aliphatic rings. The second-order valence-corrected chi connectivity index (χ2v) is 5.76. The van der Waals surface area contributed by atoms with Crippen LogP contribution in [0.2, 0.25) is 0 Å². The standard InChI is InChI=1S/C16H23N3O2/c1-11-6-3-2-4-9-14(11)18-16(20)13-8-5-7-12(10-13)15(17)19-21/h5,7-8,10-11,14,21H,2-4,6,9H2,1H3,(H2,17,19)(H,18,20). The number of rotatable bonds is 3. The van der Waals surface area contributed by atoms with Crippen LogP contribution >= 0.6 is 0 Å². The Morgan fingerprint density at radius 1 is 1.29 bits per heavy atom. The molecule has 0 bridgehead atoms. The summed E-state index contributed by atoms with van der Waals surface area (Å²) in [5.74, 6) is 0.414. The maximum Gasteiger partial charge on any atom is 0.251 e. The van der Waals surface area contributed by atoms with E-state index in [0.29, 0.717) is 17.0 Å². The molecule has 1 aromatic rings. The zero-order valence-corrected chi connectivity index (χ0v) is 12.4. The monoisotopic (exact) mass is 289 g/mol. The fourth-order valence-electron chi connectivity index (χ4n) is 2.84. The molecule has 4 N–H and O–H groups in total. The molecule has 114 valence electrons. The molecule has 0 spiro atoms. The average molecular weight is 289 g/mol. The van der Waals surface area contributed by atoms with Crippen LogP contribution in [0.4, 0.5) is 0 Å². The van der Waals surface area contributed by atoms with Crippen LogP contribution in [0.25, 0.3) is 0 Å². The molecule has 2 atom stereocenters. The van der Waals surface area contributed by atoms with E-state index in [1.807, 2.05) is 0 Å². The van der Waals surface area contributed by atoms with Crippen molar-refractivity contribution in [1.29, 1.82) is 0 Å². The highest BCUT2D eigenvalue weighted by molar-refractivity contribution is 6.01. The van der Waals surface area contributed by atoms with Gasteiger partial charge in [0, 0.05) is 17.2 Å². The highest BCUT2D eigenvalue weighted by Crippen LogP contribution is 2.23. The van der Waals surface area contributed by atoms with Crippen molar-refractivity contribution in [3.63, 3.8) is 0 Å². The molecule has 5 heteroatoms. The number of hydrogen-bond donors (Lipinski definition) is 3. The van der Waals surface area contributed by atoms with Gasteiger partial charge in [0.1, 0.15) is 0 Å². The summed E-state index contributed by atoms with van der Waals surface area (Å²) in [7, 11) is 0. The Bertz CT molecular complexity index is 528. The minimum absolute atomic E-state index is 0.00693. The number of hydrogen-bond acceptors (Lipinski definition) is 3. The van der Waals surface area contributed by atoms with Crippen LogP contribution in [0.5, 0.6) is 0 Å². The maximum absolute atomic E-state index is 12.4. The van der Waals surface area contributed by atoms with E-state index in [1.54, 1.807) is 24.3 Å². The molecule has 0 aliphatic heterocycles. The lowest BCUT2D eigenvalue weighted by atomic mass is 9.96. The Balaban J connectivity index is 2.09. The molecule has 0 heterocycles. The van der Waals surface area contributed by atoms with E-state index in [4.69, 9.17) is 10.9 Å². The van der Waals surface area contributed by atoms with Gasteiger partial charge in [-0.25, -0.2) is 0 Å². The number of benzene rings is 1. The Morgan fingerprint density at radius 2 is 2.00 bits per heavy atom. The summed E-state index contributed by atoms with van der Waals surface area (Å²) >= 11 is 0. The molecule has 0 saturated heterocycles. The molecule has 2 unspecified atom stereocenters. The second kappa shape index (κ2) is 7.11. The van der Waals surface area contributed by atoms with Gasteiger partial charge in [0.15, 0.2) is 5.84 Å². The second-order valence-electron chi connectivity index (χ2n) is 5.76. The van der Waals surface area contributed by atoms with Gasteiger partial charge in [0.25, 0.3) is 5.91 Å². The van der Waals surface area contributed by atoms with Crippen LogP contribution < -0.4 is 11.1 Å². The first-order valence-corrected chi connectivity index (χ1v) is 7.50. The predicted octanol–water partition coefficient (Wildman–Crippen LogP) is 2.48. The summed E-state index contributed by atoms with van der Waals surface area (Å²) in [6.07, 6.45) is 5.85. The van der Waals surface area contributed by atoms with Gasteiger partial charge in [-0.2, -0.15) is 0 Å². The molecular formula is C16H23N3O2. The van der Waals surface area contributed by atoms with E-state index in [0.717, 1.165) is 12.8 Å². The van der Waals surface area contributed by atoms with Gasteiger partial charge in [0.2, 0.25) is 0 Å². The molecule has 21 heavy (non-hydrogen) atoms. The molecular weight excluding hydrogens is 266 g/mol. The normalized spacial score (nSPS) is 23.4. The van der Waals surface area contributed by atoms with E-state index in [9.17, 15) is 4.79 Å². The summed E-state index contributed by atoms with van der Waals surface area (Å²) in [6.45, 7) is 2.20. The minimum Gasteiger partial charge on any atom is -0.409 e. The van der Waals surface area contributed by atoms with E-state index in [2.05, 4.69) is 17.4 Å². The van der Waals surface area contributed by atoms with Gasteiger partial charge in [-0.1, -0.05) is 43.5 Å². The van der Waals surface area contributed by atoms with Crippen molar-refractivity contribution in [2.45, 2.75) is 45.1 Å². The average Bonchev–Trinajstić information content (AvgIpc) is 2.71. The van der Waals surface area contributed by atoms with Crippen LogP contribution in [0.1, 0.15) is 54.9 Å². The summed E-state index contributed by atoms with van der Waals surface area (Å²) in [6, 6.07) is 7.06. The van der Waals surface area contributed by atoms with Crippen LogP contribution in [-0.4, -0.2) is 23.0 Å². The van der Waals surface area contributed by atoms with Crippen molar-refractivity contribution in [1.82, 2.24) is 5.32 Å². The number of amides is 1. The molecule has 5 nitrogen and oxygen atoms in total. The fourth-order valence-corrected chi connectivity index (χ4v) is 2.84. The van der Waals surface area contributed by atoms with Gasteiger partial charge >= 0.3 is 0 Å². The number of carbonyl (C=O) groups is 1. The molecule has 0 radical (unpaired) electrons. The number of nitrogens with zero attached hydrogens (tertiary/aromatic N) is 1. The van der Waals surface area contributed by atoms with E-state index in [-0.39, 0.29) is 17.8 Å². The maximum atomic E-state index is 12.4. The Labute approximate surface area is 125 Å². The lowest BCUT2D eigenvalue weighted by molar-refractivity contribution is 0.0921. The molecule has 2 rings (SSSR count). The topological polar surface area (TPSA) is 87.7 Å². The highest BCUT2D eigenvalue weighted by Gasteiger charge is 2.22. The number of amidine groups is 1. The molecule has 1 amide bonds. The molecule has 1 fully saturated rings. The highest BCUT2D eigenvalue weighted by atomic mass is 16.4. The summed E-state index contributed by atoms with van der Waals surface area (Å²) < 4.78 is 0. The predicted molar refractivity (Wildman–Crippen MR) is 82.5 cm³/mol. The van der Waals surface area contributed by atoms with Crippen molar-refractivity contribution in [2.75, 3.05) is 0 Å². The molecule has 1 aliphatic carbocycles. The minimum atomic E-state index is -0.0960. The van der Waals surface area contributed by atoms with Gasteiger partial charge in [-0.05, 0) is 30.9 Å². The van der Waals surface area contributed by atoms with Crippen molar-refractivity contribution in [3.8, 4) is 0 Å².